The molecule has 3 N–H and O–H groups in total. The summed E-state index contributed by atoms with van der Waals surface area (Å²) < 4.78 is 5.32. The number of hydrogen-bond donors (Lipinski definition) is 2. The van der Waals surface area contributed by atoms with E-state index < -0.39 is 6.04 Å². The van der Waals surface area contributed by atoms with Crippen molar-refractivity contribution in [3.05, 3.63) is 28.3 Å². The van der Waals surface area contributed by atoms with Crippen molar-refractivity contribution in [3.63, 3.8) is 0 Å². The monoisotopic (exact) mass is 250 g/mol. The topological polar surface area (TPSA) is 64.4 Å². The van der Waals surface area contributed by atoms with E-state index in [0.29, 0.717) is 6.42 Å². The minimum Gasteiger partial charge on any atom is -0.496 e. The first-order chi connectivity index (χ1) is 8.42. The Hall–Kier alpha value is -1.55. The van der Waals surface area contributed by atoms with E-state index in [1.54, 1.807) is 14.2 Å². The van der Waals surface area contributed by atoms with Crippen molar-refractivity contribution in [1.29, 1.82) is 0 Å². The molecule has 18 heavy (non-hydrogen) atoms. The van der Waals surface area contributed by atoms with E-state index in [1.807, 2.05) is 26.8 Å². The average molecular weight is 250 g/mol. The molecule has 0 saturated heterocycles. The molecular weight excluding hydrogens is 228 g/mol. The number of aryl methyl sites for hydroxylation is 1. The first-order valence-electron chi connectivity index (χ1n) is 6.03. The van der Waals surface area contributed by atoms with Gasteiger partial charge in [0.05, 0.1) is 13.2 Å². The molecule has 0 aliphatic carbocycles. The van der Waals surface area contributed by atoms with Gasteiger partial charge in [-0.2, -0.15) is 0 Å². The molecule has 1 atom stereocenters. The van der Waals surface area contributed by atoms with Crippen LogP contribution in [0.15, 0.2) is 6.07 Å². The molecule has 0 saturated carbocycles. The number of likely N-dealkylation sites (N-methyl/N-ethyl adjacent to an activating group) is 1. The van der Waals surface area contributed by atoms with E-state index in [9.17, 15) is 4.79 Å². The molecule has 0 aliphatic heterocycles. The zero-order chi connectivity index (χ0) is 13.9. The minimum atomic E-state index is -0.514. The van der Waals surface area contributed by atoms with Gasteiger partial charge in [0, 0.05) is 7.05 Å². The largest absolute Gasteiger partial charge is 0.496 e. The van der Waals surface area contributed by atoms with Gasteiger partial charge in [-0.3, -0.25) is 4.79 Å². The van der Waals surface area contributed by atoms with Crippen molar-refractivity contribution < 1.29 is 9.53 Å². The highest BCUT2D eigenvalue weighted by molar-refractivity contribution is 5.81. The molecule has 0 fully saturated rings. The quantitative estimate of drug-likeness (QED) is 0.845. The van der Waals surface area contributed by atoms with Crippen LogP contribution in [0.3, 0.4) is 0 Å². The Morgan fingerprint density at radius 2 is 2.00 bits per heavy atom. The number of carbonyl (C=O) groups excluding carboxylic acids is 1. The van der Waals surface area contributed by atoms with E-state index in [-0.39, 0.29) is 5.91 Å². The van der Waals surface area contributed by atoms with Crippen LogP contribution in [0.25, 0.3) is 0 Å². The molecule has 1 aromatic carbocycles. The minimum absolute atomic E-state index is 0.137. The molecule has 0 aromatic heterocycles. The number of amides is 1. The van der Waals surface area contributed by atoms with Gasteiger partial charge in [-0.25, -0.2) is 0 Å². The van der Waals surface area contributed by atoms with Crippen LogP contribution in [0.1, 0.15) is 22.3 Å². The maximum atomic E-state index is 11.5. The zero-order valence-electron chi connectivity index (χ0n) is 11.8. The molecule has 0 bridgehead atoms. The van der Waals surface area contributed by atoms with Crippen LogP contribution >= 0.6 is 0 Å². The molecule has 4 heteroatoms. The number of methoxy groups -OCH3 is 1. The van der Waals surface area contributed by atoms with Gasteiger partial charge < -0.3 is 15.8 Å². The molecule has 1 amide bonds. The number of hydrogen-bond acceptors (Lipinski definition) is 3. The van der Waals surface area contributed by atoms with Crippen molar-refractivity contribution in [1.82, 2.24) is 5.32 Å². The molecule has 100 valence electrons. The lowest BCUT2D eigenvalue weighted by Gasteiger charge is -2.18. The number of carbonyl (C=O) groups is 1. The number of ether oxygens (including phenoxy) is 1. The highest BCUT2D eigenvalue weighted by Crippen LogP contribution is 2.28. The molecule has 0 aliphatic rings. The van der Waals surface area contributed by atoms with Crippen LogP contribution in [0, 0.1) is 20.8 Å². The Kier molecular flexibility index (Phi) is 4.73. The molecule has 0 radical (unpaired) electrons. The van der Waals surface area contributed by atoms with Crippen molar-refractivity contribution in [2.45, 2.75) is 33.2 Å². The molecular formula is C14H22N2O2. The lowest BCUT2D eigenvalue weighted by molar-refractivity contribution is -0.121. The van der Waals surface area contributed by atoms with Crippen molar-refractivity contribution in [2.75, 3.05) is 14.2 Å². The van der Waals surface area contributed by atoms with Crippen LogP contribution < -0.4 is 15.8 Å². The molecule has 1 unspecified atom stereocenters. The van der Waals surface area contributed by atoms with Crippen molar-refractivity contribution >= 4 is 5.91 Å². The maximum absolute atomic E-state index is 11.5. The number of nitrogens with two attached hydrogens (primary N) is 1. The summed E-state index contributed by atoms with van der Waals surface area (Å²) in [5, 5.41) is 2.57. The summed E-state index contributed by atoms with van der Waals surface area (Å²) in [6.07, 6.45) is 0.544. The van der Waals surface area contributed by atoms with E-state index >= 15 is 0 Å². The van der Waals surface area contributed by atoms with Gasteiger partial charge in [-0.1, -0.05) is 0 Å². The molecule has 4 nitrogen and oxygen atoms in total. The third-order valence-corrected chi connectivity index (χ3v) is 3.44. The first kappa shape index (κ1) is 14.5. The van der Waals surface area contributed by atoms with Crippen molar-refractivity contribution in [2.24, 2.45) is 5.73 Å². The second-order valence-electron chi connectivity index (χ2n) is 4.55. The smallest absolute Gasteiger partial charge is 0.237 e. The van der Waals surface area contributed by atoms with Gasteiger partial charge in [0.25, 0.3) is 0 Å². The van der Waals surface area contributed by atoms with Gasteiger partial charge in [-0.05, 0) is 55.5 Å². The van der Waals surface area contributed by atoms with E-state index in [0.717, 1.165) is 28.0 Å². The second-order valence-corrected chi connectivity index (χ2v) is 4.55. The fourth-order valence-corrected chi connectivity index (χ4v) is 2.12. The highest BCUT2D eigenvalue weighted by atomic mass is 16.5. The lowest BCUT2D eigenvalue weighted by Crippen LogP contribution is -2.40. The van der Waals surface area contributed by atoms with Crippen LogP contribution in [0.4, 0.5) is 0 Å². The Bertz CT molecular complexity index is 456. The lowest BCUT2D eigenvalue weighted by atomic mass is 9.92. The van der Waals surface area contributed by atoms with Crippen LogP contribution in [0.5, 0.6) is 5.75 Å². The molecule has 0 spiro atoms. The zero-order valence-corrected chi connectivity index (χ0v) is 11.8. The molecule has 1 rings (SSSR count). The number of rotatable bonds is 4. The fraction of sp³-hybridized carbons (Fsp3) is 0.500. The summed E-state index contributed by atoms with van der Waals surface area (Å²) in [4.78, 5) is 11.5. The fourth-order valence-electron chi connectivity index (χ4n) is 2.12. The predicted molar refractivity (Wildman–Crippen MR) is 73.0 cm³/mol. The maximum Gasteiger partial charge on any atom is 0.237 e. The van der Waals surface area contributed by atoms with Crippen molar-refractivity contribution in [3.8, 4) is 5.75 Å². The Morgan fingerprint density at radius 1 is 1.39 bits per heavy atom. The summed E-state index contributed by atoms with van der Waals surface area (Å²) in [5.41, 5.74) is 10.4. The van der Waals surface area contributed by atoms with E-state index in [2.05, 4.69) is 5.32 Å². The summed E-state index contributed by atoms with van der Waals surface area (Å²) >= 11 is 0. The van der Waals surface area contributed by atoms with Gasteiger partial charge in [0.2, 0.25) is 5.91 Å². The third-order valence-electron chi connectivity index (χ3n) is 3.44. The van der Waals surface area contributed by atoms with Crippen LogP contribution in [-0.4, -0.2) is 26.1 Å². The van der Waals surface area contributed by atoms with E-state index in [1.165, 1.54) is 0 Å². The summed E-state index contributed by atoms with van der Waals surface area (Å²) in [6, 6.07) is 1.48. The van der Waals surface area contributed by atoms with Gasteiger partial charge >= 0.3 is 0 Å². The Labute approximate surface area is 109 Å². The summed E-state index contributed by atoms with van der Waals surface area (Å²) in [6.45, 7) is 6.07. The average Bonchev–Trinajstić information content (AvgIpc) is 2.37. The van der Waals surface area contributed by atoms with Crippen LogP contribution in [0.2, 0.25) is 0 Å². The summed E-state index contributed by atoms with van der Waals surface area (Å²) in [7, 11) is 3.26. The number of nitrogens with one attached hydrogen (secondary N) is 1. The number of benzene rings is 1. The Morgan fingerprint density at radius 3 is 2.50 bits per heavy atom. The predicted octanol–water partition coefficient (Wildman–Crippen LogP) is 1.24. The van der Waals surface area contributed by atoms with Gasteiger partial charge in [0.1, 0.15) is 5.75 Å². The SMILES string of the molecule is CNC(=O)C(N)Cc1c(C)cc(OC)c(C)c1C. The molecule has 0 heterocycles. The van der Waals surface area contributed by atoms with E-state index in [4.69, 9.17) is 10.5 Å². The second kappa shape index (κ2) is 5.87. The van der Waals surface area contributed by atoms with Gasteiger partial charge in [-0.15, -0.1) is 0 Å². The first-order valence-corrected chi connectivity index (χ1v) is 6.03. The summed E-state index contributed by atoms with van der Waals surface area (Å²) in [5.74, 6) is 0.740. The van der Waals surface area contributed by atoms with Gasteiger partial charge in [0.15, 0.2) is 0 Å². The Balaban J connectivity index is 3.10. The third kappa shape index (κ3) is 2.82. The molecule has 1 aromatic rings. The standard InChI is InChI=1S/C14H22N2O2/c1-8-6-13(18-5)10(3)9(2)11(8)7-12(15)14(17)16-4/h6,12H,7,15H2,1-5H3,(H,16,17). The highest BCUT2D eigenvalue weighted by Gasteiger charge is 2.17. The van der Waals surface area contributed by atoms with Crippen LogP contribution in [-0.2, 0) is 11.2 Å². The normalized spacial score (nSPS) is 12.1.